The number of nitrogens with one attached hydrogen (secondary N) is 1. The van der Waals surface area contributed by atoms with E-state index in [9.17, 15) is 5.11 Å². The van der Waals surface area contributed by atoms with Gasteiger partial charge in [-0.3, -0.25) is 0 Å². The van der Waals surface area contributed by atoms with Gasteiger partial charge in [-0.25, -0.2) is 4.68 Å². The maximum atomic E-state index is 9.96. The summed E-state index contributed by atoms with van der Waals surface area (Å²) < 4.78 is 7.33. The number of phenols is 1. The number of aromatic hydroxyl groups is 1. The third-order valence-electron chi connectivity index (χ3n) is 4.12. The molecule has 0 spiro atoms. The first-order valence-corrected chi connectivity index (χ1v) is 8.15. The molecule has 1 aromatic heterocycles. The molecule has 2 N–H and O–H groups in total. The van der Waals surface area contributed by atoms with Crippen molar-refractivity contribution in [3.05, 3.63) is 72.1 Å². The fourth-order valence-corrected chi connectivity index (χ4v) is 2.94. The topological polar surface area (TPSA) is 72.2 Å². The van der Waals surface area contributed by atoms with E-state index in [0.29, 0.717) is 18.3 Å². The predicted octanol–water partition coefficient (Wildman–Crippen LogP) is 3.44. The summed E-state index contributed by atoms with van der Waals surface area (Å²) in [6.07, 6.45) is 3.63. The molecular formula is C19H18N4O2. The summed E-state index contributed by atoms with van der Waals surface area (Å²) in [6.45, 7) is 2.38. The van der Waals surface area contributed by atoms with Gasteiger partial charge >= 0.3 is 0 Å². The van der Waals surface area contributed by atoms with Gasteiger partial charge in [0, 0.05) is 5.70 Å². The minimum atomic E-state index is -0.145. The highest BCUT2D eigenvalue weighted by Gasteiger charge is 2.24. The van der Waals surface area contributed by atoms with Crippen LogP contribution < -0.4 is 10.1 Å². The molecule has 0 radical (unpaired) electrons. The maximum absolute atomic E-state index is 9.96. The van der Waals surface area contributed by atoms with Crippen molar-refractivity contribution >= 4 is 11.6 Å². The first-order valence-electron chi connectivity index (χ1n) is 8.15. The molecule has 0 aliphatic carbocycles. The van der Waals surface area contributed by atoms with Gasteiger partial charge in [0.1, 0.15) is 12.4 Å². The van der Waals surface area contributed by atoms with Gasteiger partial charge in [-0.2, -0.15) is 10.1 Å². The molecule has 1 aliphatic heterocycles. The number of benzene rings is 2. The Labute approximate surface area is 145 Å². The van der Waals surface area contributed by atoms with Crippen LogP contribution in [-0.4, -0.2) is 26.5 Å². The second kappa shape index (κ2) is 6.32. The van der Waals surface area contributed by atoms with Crippen molar-refractivity contribution in [2.45, 2.75) is 13.0 Å². The van der Waals surface area contributed by atoms with Gasteiger partial charge < -0.3 is 15.2 Å². The molecule has 0 fully saturated rings. The van der Waals surface area contributed by atoms with Crippen LogP contribution in [0.3, 0.4) is 0 Å². The van der Waals surface area contributed by atoms with Crippen LogP contribution >= 0.6 is 0 Å². The number of ether oxygens (including phenoxy) is 1. The Morgan fingerprint density at radius 3 is 2.84 bits per heavy atom. The van der Waals surface area contributed by atoms with Crippen LogP contribution in [0.25, 0.3) is 5.70 Å². The van der Waals surface area contributed by atoms with E-state index < -0.39 is 0 Å². The molecule has 3 aromatic rings. The van der Waals surface area contributed by atoms with Crippen LogP contribution in [0.2, 0.25) is 0 Å². The van der Waals surface area contributed by atoms with Crippen molar-refractivity contribution < 1.29 is 9.84 Å². The molecular weight excluding hydrogens is 316 g/mol. The Morgan fingerprint density at radius 1 is 1.20 bits per heavy atom. The first-order chi connectivity index (χ1) is 12.3. The largest absolute Gasteiger partial charge is 0.504 e. The fourth-order valence-electron chi connectivity index (χ4n) is 2.94. The van der Waals surface area contributed by atoms with Gasteiger partial charge in [0.2, 0.25) is 5.95 Å². The number of phenolic OH excluding ortho intramolecular Hbond substituents is 1. The van der Waals surface area contributed by atoms with Crippen LogP contribution in [0, 0.1) is 0 Å². The van der Waals surface area contributed by atoms with E-state index >= 15 is 0 Å². The Morgan fingerprint density at radius 2 is 2.04 bits per heavy atom. The highest BCUT2D eigenvalue weighted by Crippen LogP contribution is 2.35. The third-order valence-corrected chi connectivity index (χ3v) is 4.12. The summed E-state index contributed by atoms with van der Waals surface area (Å²) in [6, 6.07) is 15.3. The SMILES string of the molecule is CCOc1cc([C@@H]2C=C(c3ccccc3)Nc3ncnn32)ccc1O. The van der Waals surface area contributed by atoms with Gasteiger partial charge in [-0.1, -0.05) is 36.4 Å². The zero-order valence-corrected chi connectivity index (χ0v) is 13.8. The average Bonchev–Trinajstić information content (AvgIpc) is 3.12. The molecule has 6 heteroatoms. The van der Waals surface area contributed by atoms with E-state index in [4.69, 9.17) is 4.74 Å². The van der Waals surface area contributed by atoms with Gasteiger partial charge in [0.15, 0.2) is 11.5 Å². The van der Waals surface area contributed by atoms with Gasteiger partial charge in [0.05, 0.1) is 6.61 Å². The van der Waals surface area contributed by atoms with Crippen molar-refractivity contribution in [3.8, 4) is 11.5 Å². The van der Waals surface area contributed by atoms with E-state index in [-0.39, 0.29) is 11.8 Å². The Balaban J connectivity index is 1.80. The fraction of sp³-hybridized carbons (Fsp3) is 0.158. The lowest BCUT2D eigenvalue weighted by atomic mass is 10.0. The molecule has 2 heterocycles. The number of rotatable bonds is 4. The Bertz CT molecular complexity index is 918. The molecule has 1 aliphatic rings. The van der Waals surface area contributed by atoms with Crippen molar-refractivity contribution in [2.75, 3.05) is 11.9 Å². The zero-order chi connectivity index (χ0) is 17.2. The molecule has 25 heavy (non-hydrogen) atoms. The Hall–Kier alpha value is -3.28. The minimum Gasteiger partial charge on any atom is -0.504 e. The van der Waals surface area contributed by atoms with E-state index in [1.165, 1.54) is 6.33 Å². The lowest BCUT2D eigenvalue weighted by Crippen LogP contribution is -2.20. The molecule has 126 valence electrons. The van der Waals surface area contributed by atoms with Gasteiger partial charge in [0.25, 0.3) is 0 Å². The predicted molar refractivity (Wildman–Crippen MR) is 95.5 cm³/mol. The molecule has 6 nitrogen and oxygen atoms in total. The molecule has 0 saturated heterocycles. The maximum Gasteiger partial charge on any atom is 0.226 e. The van der Waals surface area contributed by atoms with Crippen LogP contribution in [0.4, 0.5) is 5.95 Å². The van der Waals surface area contributed by atoms with Crippen molar-refractivity contribution in [3.63, 3.8) is 0 Å². The molecule has 0 unspecified atom stereocenters. The van der Waals surface area contributed by atoms with Crippen LogP contribution in [-0.2, 0) is 0 Å². The van der Waals surface area contributed by atoms with E-state index in [0.717, 1.165) is 16.8 Å². The molecule has 0 saturated carbocycles. The van der Waals surface area contributed by atoms with Crippen LogP contribution in [0.5, 0.6) is 11.5 Å². The summed E-state index contributed by atoms with van der Waals surface area (Å²) >= 11 is 0. The molecule has 4 rings (SSSR count). The third kappa shape index (κ3) is 2.82. The smallest absolute Gasteiger partial charge is 0.226 e. The summed E-state index contributed by atoms with van der Waals surface area (Å²) in [5.74, 6) is 1.28. The number of allylic oxidation sites excluding steroid dienone is 1. The van der Waals surface area contributed by atoms with E-state index in [1.54, 1.807) is 6.07 Å². The normalized spacial score (nSPS) is 15.9. The zero-order valence-electron chi connectivity index (χ0n) is 13.8. The standard InChI is InChI=1S/C19H18N4O2/c1-2-25-18-10-14(8-9-17(18)24)16-11-15(13-6-4-3-5-7-13)22-19-20-12-21-23(16)19/h3-12,16,24H,2H2,1H3,(H,20,21,22)/t16-/m0/s1. The number of fused-ring (bicyclic) bond motifs is 1. The summed E-state index contributed by atoms with van der Waals surface area (Å²) in [7, 11) is 0. The molecule has 2 aromatic carbocycles. The molecule has 0 bridgehead atoms. The second-order valence-corrected chi connectivity index (χ2v) is 5.70. The molecule has 1 atom stereocenters. The monoisotopic (exact) mass is 334 g/mol. The van der Waals surface area contributed by atoms with Gasteiger partial charge in [-0.15, -0.1) is 0 Å². The van der Waals surface area contributed by atoms with Gasteiger partial charge in [-0.05, 0) is 36.3 Å². The number of aromatic nitrogens is 3. The average molecular weight is 334 g/mol. The van der Waals surface area contributed by atoms with Crippen LogP contribution in [0.1, 0.15) is 24.1 Å². The second-order valence-electron chi connectivity index (χ2n) is 5.70. The van der Waals surface area contributed by atoms with Crippen molar-refractivity contribution in [1.29, 1.82) is 0 Å². The number of anilines is 1. The quantitative estimate of drug-likeness (QED) is 0.765. The van der Waals surface area contributed by atoms with Crippen molar-refractivity contribution in [1.82, 2.24) is 14.8 Å². The number of nitrogens with zero attached hydrogens (tertiary/aromatic N) is 3. The number of hydrogen-bond acceptors (Lipinski definition) is 5. The summed E-state index contributed by atoms with van der Waals surface area (Å²) in [5, 5.41) is 17.6. The number of hydrogen-bond donors (Lipinski definition) is 2. The van der Waals surface area contributed by atoms with E-state index in [1.807, 2.05) is 54.1 Å². The Kier molecular flexibility index (Phi) is 3.85. The van der Waals surface area contributed by atoms with Crippen LogP contribution in [0.15, 0.2) is 60.9 Å². The lowest BCUT2D eigenvalue weighted by molar-refractivity contribution is 0.317. The highest BCUT2D eigenvalue weighted by atomic mass is 16.5. The summed E-state index contributed by atoms with van der Waals surface area (Å²) in [4.78, 5) is 4.30. The van der Waals surface area contributed by atoms with Crippen molar-refractivity contribution in [2.24, 2.45) is 0 Å². The summed E-state index contributed by atoms with van der Waals surface area (Å²) in [5.41, 5.74) is 3.01. The highest BCUT2D eigenvalue weighted by molar-refractivity contribution is 5.77. The lowest BCUT2D eigenvalue weighted by Gasteiger charge is -2.24. The first kappa shape index (κ1) is 15.3. The molecule has 0 amide bonds. The minimum absolute atomic E-state index is 0.130. The van der Waals surface area contributed by atoms with E-state index in [2.05, 4.69) is 21.5 Å².